The number of carbonyl (C=O) groups excluding carboxylic acids is 2. The van der Waals surface area contributed by atoms with Crippen LogP contribution in [0.5, 0.6) is 0 Å². The number of aromatic nitrogens is 1. The molecule has 0 radical (unpaired) electrons. The number of oxazole rings is 1. The van der Waals surface area contributed by atoms with E-state index in [0.29, 0.717) is 37.3 Å². The van der Waals surface area contributed by atoms with Crippen molar-refractivity contribution in [1.82, 2.24) is 10.3 Å². The molecule has 3 rings (SSSR count). The third-order valence-electron chi connectivity index (χ3n) is 6.81. The average Bonchev–Trinajstić information content (AvgIpc) is 3.55. The minimum absolute atomic E-state index is 0.0335. The molecule has 1 unspecified atom stereocenters. The zero-order valence-electron chi connectivity index (χ0n) is 21.9. The molecule has 1 aromatic carbocycles. The van der Waals surface area contributed by atoms with Crippen molar-refractivity contribution in [3.8, 4) is 11.3 Å². The van der Waals surface area contributed by atoms with Crippen LogP contribution >= 0.6 is 0 Å². The van der Waals surface area contributed by atoms with Gasteiger partial charge in [-0.1, -0.05) is 57.0 Å². The lowest BCUT2D eigenvalue weighted by Crippen LogP contribution is -2.50. The molecule has 1 aromatic heterocycles. The van der Waals surface area contributed by atoms with E-state index in [1.54, 1.807) is 6.20 Å². The van der Waals surface area contributed by atoms with Crippen LogP contribution in [0.25, 0.3) is 11.3 Å². The summed E-state index contributed by atoms with van der Waals surface area (Å²) in [5, 5.41) is 12.0. The first-order valence-corrected chi connectivity index (χ1v) is 12.9. The number of rotatable bonds is 14. The van der Waals surface area contributed by atoms with Crippen LogP contribution in [0.4, 0.5) is 0 Å². The number of benzene rings is 1. The van der Waals surface area contributed by atoms with Crippen molar-refractivity contribution in [2.24, 2.45) is 11.3 Å². The maximum atomic E-state index is 13.7. The van der Waals surface area contributed by atoms with Gasteiger partial charge in [-0.2, -0.15) is 0 Å². The first-order chi connectivity index (χ1) is 17.7. The summed E-state index contributed by atoms with van der Waals surface area (Å²) in [6.45, 7) is 4.12. The fraction of sp³-hybridized carbons (Fsp3) is 0.571. The van der Waals surface area contributed by atoms with Crippen LogP contribution in [-0.4, -0.2) is 53.8 Å². The van der Waals surface area contributed by atoms with Crippen molar-refractivity contribution >= 4 is 17.8 Å². The monoisotopic (exact) mass is 514 g/mol. The van der Waals surface area contributed by atoms with Crippen molar-refractivity contribution in [1.29, 1.82) is 0 Å². The number of carboxylic acids is 1. The molecule has 2 atom stereocenters. The molecule has 1 heterocycles. The lowest BCUT2D eigenvalue weighted by atomic mass is 9.78. The second-order valence-electron chi connectivity index (χ2n) is 10.2. The molecule has 1 aliphatic rings. The van der Waals surface area contributed by atoms with Gasteiger partial charge in [0.1, 0.15) is 6.04 Å². The predicted molar refractivity (Wildman–Crippen MR) is 137 cm³/mol. The maximum Gasteiger partial charge on any atom is 0.329 e. The number of carbonyl (C=O) groups is 3. The Balaban J connectivity index is 1.77. The van der Waals surface area contributed by atoms with Crippen LogP contribution in [0, 0.1) is 11.3 Å². The molecule has 1 aliphatic carbocycles. The molecule has 1 saturated carbocycles. The van der Waals surface area contributed by atoms with Crippen molar-refractivity contribution in [2.45, 2.75) is 77.4 Å². The van der Waals surface area contributed by atoms with E-state index in [4.69, 9.17) is 19.0 Å². The molecule has 9 heteroatoms. The van der Waals surface area contributed by atoms with Crippen LogP contribution in [-0.2, 0) is 30.3 Å². The fourth-order valence-electron chi connectivity index (χ4n) is 4.77. The van der Waals surface area contributed by atoms with Gasteiger partial charge >= 0.3 is 11.9 Å². The highest BCUT2D eigenvalue weighted by Gasteiger charge is 2.44. The van der Waals surface area contributed by atoms with Gasteiger partial charge in [0.15, 0.2) is 11.7 Å². The molecule has 0 saturated heterocycles. The van der Waals surface area contributed by atoms with Crippen LogP contribution in [0.15, 0.2) is 40.9 Å². The lowest BCUT2D eigenvalue weighted by Gasteiger charge is -2.32. The number of hydrogen-bond donors (Lipinski definition) is 2. The molecule has 2 aromatic rings. The van der Waals surface area contributed by atoms with Gasteiger partial charge in [0.2, 0.25) is 5.91 Å². The smallest absolute Gasteiger partial charge is 0.329 e. The van der Waals surface area contributed by atoms with Crippen LogP contribution in [0.3, 0.4) is 0 Å². The topological polar surface area (TPSA) is 128 Å². The average molecular weight is 515 g/mol. The van der Waals surface area contributed by atoms with Crippen molar-refractivity contribution < 1.29 is 33.4 Å². The number of esters is 1. The number of methoxy groups -OCH3 is 1. The molecular formula is C28H38N2O7. The van der Waals surface area contributed by atoms with Crippen LogP contribution in [0.1, 0.15) is 64.7 Å². The third kappa shape index (κ3) is 8.15. The quantitative estimate of drug-likeness (QED) is 0.355. The summed E-state index contributed by atoms with van der Waals surface area (Å²) >= 11 is 0. The summed E-state index contributed by atoms with van der Waals surface area (Å²) < 4.78 is 16.9. The SMILES string of the molecule is COC(CCC(=O)O)CC1(C(=O)N[C@@H](Cc2ncc(-c3ccccc3)o2)C(=O)OCC(C)C)CCCC1. The Labute approximate surface area is 217 Å². The second kappa shape index (κ2) is 13.4. The van der Waals surface area contributed by atoms with E-state index in [0.717, 1.165) is 18.4 Å². The molecule has 2 N–H and O–H groups in total. The van der Waals surface area contributed by atoms with Crippen molar-refractivity contribution in [3.63, 3.8) is 0 Å². The highest BCUT2D eigenvalue weighted by Crippen LogP contribution is 2.43. The number of amides is 1. The van der Waals surface area contributed by atoms with E-state index in [-0.39, 0.29) is 37.4 Å². The van der Waals surface area contributed by atoms with Gasteiger partial charge in [0.05, 0.1) is 30.7 Å². The Morgan fingerprint density at radius 1 is 1.16 bits per heavy atom. The molecule has 37 heavy (non-hydrogen) atoms. The summed E-state index contributed by atoms with van der Waals surface area (Å²) in [6, 6.07) is 8.54. The van der Waals surface area contributed by atoms with Gasteiger partial charge in [-0.05, 0) is 31.6 Å². The number of hydrogen-bond acceptors (Lipinski definition) is 7. The predicted octanol–water partition coefficient (Wildman–Crippen LogP) is 4.40. The summed E-state index contributed by atoms with van der Waals surface area (Å²) in [6.07, 6.45) is 5.03. The van der Waals surface area contributed by atoms with Gasteiger partial charge in [-0.15, -0.1) is 0 Å². The number of nitrogens with one attached hydrogen (secondary N) is 1. The molecule has 202 valence electrons. The van der Waals surface area contributed by atoms with Crippen LogP contribution in [0.2, 0.25) is 0 Å². The molecule has 0 bridgehead atoms. The van der Waals surface area contributed by atoms with Gasteiger partial charge in [-0.3, -0.25) is 9.59 Å². The minimum atomic E-state index is -0.967. The molecule has 9 nitrogen and oxygen atoms in total. The fourth-order valence-corrected chi connectivity index (χ4v) is 4.77. The Kier molecular flexibility index (Phi) is 10.3. The summed E-state index contributed by atoms with van der Waals surface area (Å²) in [7, 11) is 1.53. The molecule has 1 amide bonds. The van der Waals surface area contributed by atoms with Crippen LogP contribution < -0.4 is 5.32 Å². The summed E-state index contributed by atoms with van der Waals surface area (Å²) in [5.41, 5.74) is 0.128. The normalized spacial score (nSPS) is 16.3. The highest BCUT2D eigenvalue weighted by atomic mass is 16.5. The zero-order chi connectivity index (χ0) is 26.8. The highest BCUT2D eigenvalue weighted by molar-refractivity contribution is 5.88. The maximum absolute atomic E-state index is 13.7. The Bertz CT molecular complexity index is 1030. The third-order valence-corrected chi connectivity index (χ3v) is 6.81. The van der Waals surface area contributed by atoms with E-state index in [2.05, 4.69) is 10.3 Å². The lowest BCUT2D eigenvalue weighted by molar-refractivity contribution is -0.150. The van der Waals surface area contributed by atoms with Gasteiger partial charge < -0.3 is 24.3 Å². The number of ether oxygens (including phenoxy) is 2. The van der Waals surface area contributed by atoms with E-state index in [9.17, 15) is 14.4 Å². The number of carboxylic acid groups (broad SMARTS) is 1. The molecular weight excluding hydrogens is 476 g/mol. The Morgan fingerprint density at radius 2 is 1.86 bits per heavy atom. The molecule has 1 fully saturated rings. The molecule has 0 aliphatic heterocycles. The second-order valence-corrected chi connectivity index (χ2v) is 10.2. The van der Waals surface area contributed by atoms with E-state index in [1.165, 1.54) is 7.11 Å². The van der Waals surface area contributed by atoms with Crippen molar-refractivity contribution in [3.05, 3.63) is 42.4 Å². The number of aliphatic carboxylic acids is 1. The largest absolute Gasteiger partial charge is 0.481 e. The van der Waals surface area contributed by atoms with E-state index >= 15 is 0 Å². The Morgan fingerprint density at radius 3 is 2.49 bits per heavy atom. The van der Waals surface area contributed by atoms with Gasteiger partial charge in [0.25, 0.3) is 0 Å². The zero-order valence-corrected chi connectivity index (χ0v) is 21.9. The number of nitrogens with zero attached hydrogens (tertiary/aromatic N) is 1. The first kappa shape index (κ1) is 28.4. The minimum Gasteiger partial charge on any atom is -0.481 e. The molecule has 0 spiro atoms. The summed E-state index contributed by atoms with van der Waals surface area (Å²) in [5.74, 6) is -0.648. The Hall–Kier alpha value is -3.20. The van der Waals surface area contributed by atoms with Gasteiger partial charge in [-0.25, -0.2) is 9.78 Å². The van der Waals surface area contributed by atoms with Crippen molar-refractivity contribution in [2.75, 3.05) is 13.7 Å². The first-order valence-electron chi connectivity index (χ1n) is 12.9. The van der Waals surface area contributed by atoms with E-state index in [1.807, 2.05) is 44.2 Å². The summed E-state index contributed by atoms with van der Waals surface area (Å²) in [4.78, 5) is 42.1. The van der Waals surface area contributed by atoms with Gasteiger partial charge in [0, 0.05) is 19.1 Å². The van der Waals surface area contributed by atoms with E-state index < -0.39 is 23.4 Å². The standard InChI is InChI=1S/C28H38N2O7/c1-19(2)18-36-26(33)22(15-24-29-17-23(37-24)20-9-5-4-6-10-20)30-27(34)28(13-7-8-14-28)16-21(35-3)11-12-25(31)32/h4-6,9-10,17,19,21-22H,7-8,11-16,18H2,1-3H3,(H,30,34)(H,31,32)/t21?,22-/m0/s1.